The van der Waals surface area contributed by atoms with Crippen molar-refractivity contribution in [1.29, 1.82) is 0 Å². The normalized spacial score (nSPS) is 10.5. The molecule has 0 radical (unpaired) electrons. The van der Waals surface area contributed by atoms with Gasteiger partial charge in [-0.15, -0.1) is 0 Å². The first-order valence-electron chi connectivity index (χ1n) is 4.18. The first-order chi connectivity index (χ1) is 6.66. The molecular formula is C11H8Cl2O. The Labute approximate surface area is 92.3 Å². The highest BCUT2D eigenvalue weighted by molar-refractivity contribution is 6.42. The summed E-state index contributed by atoms with van der Waals surface area (Å²) < 4.78 is 5.46. The van der Waals surface area contributed by atoms with Gasteiger partial charge in [0.25, 0.3) is 0 Å². The number of rotatable bonds is 1. The SMILES string of the molecule is Cc1ccc(-c2ccc(Cl)c(Cl)c2)o1. The van der Waals surface area contributed by atoms with E-state index in [0.717, 1.165) is 17.1 Å². The third kappa shape index (κ3) is 1.79. The zero-order valence-electron chi connectivity index (χ0n) is 7.55. The van der Waals surface area contributed by atoms with Crippen LogP contribution in [0.1, 0.15) is 5.76 Å². The molecule has 2 aromatic rings. The average Bonchev–Trinajstić information content (AvgIpc) is 2.57. The average molecular weight is 227 g/mol. The van der Waals surface area contributed by atoms with Gasteiger partial charge in [-0.3, -0.25) is 0 Å². The molecule has 0 amide bonds. The lowest BCUT2D eigenvalue weighted by Crippen LogP contribution is -1.74. The lowest BCUT2D eigenvalue weighted by atomic mass is 10.2. The zero-order valence-corrected chi connectivity index (χ0v) is 9.06. The number of furan rings is 1. The van der Waals surface area contributed by atoms with Gasteiger partial charge in [0, 0.05) is 5.56 Å². The first-order valence-corrected chi connectivity index (χ1v) is 4.94. The second-order valence-corrected chi connectivity index (χ2v) is 3.85. The highest BCUT2D eigenvalue weighted by atomic mass is 35.5. The van der Waals surface area contributed by atoms with E-state index in [9.17, 15) is 0 Å². The van der Waals surface area contributed by atoms with E-state index in [4.69, 9.17) is 27.6 Å². The molecule has 14 heavy (non-hydrogen) atoms. The number of halogens is 2. The second kappa shape index (κ2) is 3.68. The van der Waals surface area contributed by atoms with E-state index in [0.29, 0.717) is 10.0 Å². The van der Waals surface area contributed by atoms with Crippen LogP contribution in [0.2, 0.25) is 10.0 Å². The smallest absolute Gasteiger partial charge is 0.134 e. The molecule has 1 aromatic carbocycles. The summed E-state index contributed by atoms with van der Waals surface area (Å²) in [7, 11) is 0. The maximum atomic E-state index is 5.90. The molecular weight excluding hydrogens is 219 g/mol. The molecule has 0 aliphatic carbocycles. The summed E-state index contributed by atoms with van der Waals surface area (Å²) in [5, 5.41) is 1.09. The van der Waals surface area contributed by atoms with Gasteiger partial charge in [-0.2, -0.15) is 0 Å². The Balaban J connectivity index is 2.47. The highest BCUT2D eigenvalue weighted by Crippen LogP contribution is 2.29. The maximum Gasteiger partial charge on any atom is 0.134 e. The van der Waals surface area contributed by atoms with Gasteiger partial charge in [0.2, 0.25) is 0 Å². The van der Waals surface area contributed by atoms with E-state index in [1.807, 2.05) is 25.1 Å². The highest BCUT2D eigenvalue weighted by Gasteiger charge is 2.04. The van der Waals surface area contributed by atoms with E-state index in [-0.39, 0.29) is 0 Å². The third-order valence-corrected chi connectivity index (χ3v) is 2.68. The molecule has 0 spiro atoms. The summed E-state index contributed by atoms with van der Waals surface area (Å²) in [5.41, 5.74) is 0.938. The minimum absolute atomic E-state index is 0.540. The van der Waals surface area contributed by atoms with Crippen LogP contribution in [0, 0.1) is 6.92 Å². The molecule has 2 rings (SSSR count). The molecule has 0 unspecified atom stereocenters. The van der Waals surface area contributed by atoms with E-state index in [1.165, 1.54) is 0 Å². The largest absolute Gasteiger partial charge is 0.461 e. The third-order valence-electron chi connectivity index (χ3n) is 1.94. The van der Waals surface area contributed by atoms with Crippen molar-refractivity contribution >= 4 is 23.2 Å². The van der Waals surface area contributed by atoms with Gasteiger partial charge in [-0.1, -0.05) is 23.2 Å². The molecule has 0 saturated carbocycles. The van der Waals surface area contributed by atoms with Crippen molar-refractivity contribution in [1.82, 2.24) is 0 Å². The summed E-state index contributed by atoms with van der Waals surface area (Å²) in [6.07, 6.45) is 0. The first kappa shape index (κ1) is 9.63. The fourth-order valence-corrected chi connectivity index (χ4v) is 1.54. The van der Waals surface area contributed by atoms with E-state index < -0.39 is 0 Å². The predicted octanol–water partition coefficient (Wildman–Crippen LogP) is 4.56. The topological polar surface area (TPSA) is 13.1 Å². The molecule has 72 valence electrons. The summed E-state index contributed by atoms with van der Waals surface area (Å²) in [4.78, 5) is 0. The van der Waals surface area contributed by atoms with Crippen LogP contribution in [0.4, 0.5) is 0 Å². The van der Waals surface area contributed by atoms with Gasteiger partial charge < -0.3 is 4.42 Å². The van der Waals surface area contributed by atoms with Crippen LogP contribution in [-0.2, 0) is 0 Å². The Morgan fingerprint density at radius 3 is 2.36 bits per heavy atom. The minimum Gasteiger partial charge on any atom is -0.461 e. The van der Waals surface area contributed by atoms with Crippen molar-refractivity contribution in [2.75, 3.05) is 0 Å². The van der Waals surface area contributed by atoms with Crippen LogP contribution < -0.4 is 0 Å². The molecule has 0 N–H and O–H groups in total. The van der Waals surface area contributed by atoms with Gasteiger partial charge in [-0.25, -0.2) is 0 Å². The van der Waals surface area contributed by atoms with Crippen LogP contribution in [0.25, 0.3) is 11.3 Å². The molecule has 3 heteroatoms. The lowest BCUT2D eigenvalue weighted by Gasteiger charge is -1.99. The number of hydrogen-bond acceptors (Lipinski definition) is 1. The Kier molecular flexibility index (Phi) is 2.53. The maximum absolute atomic E-state index is 5.90. The van der Waals surface area contributed by atoms with Gasteiger partial charge >= 0.3 is 0 Å². The number of aryl methyl sites for hydroxylation is 1. The fourth-order valence-electron chi connectivity index (χ4n) is 1.24. The standard InChI is InChI=1S/C11H8Cl2O/c1-7-2-5-11(14-7)8-3-4-9(12)10(13)6-8/h2-6H,1H3. The Hall–Kier alpha value is -0.920. The molecule has 0 atom stereocenters. The molecule has 0 fully saturated rings. The molecule has 0 aliphatic heterocycles. The Morgan fingerprint density at radius 1 is 1.00 bits per heavy atom. The van der Waals surface area contributed by atoms with Crippen molar-refractivity contribution in [3.63, 3.8) is 0 Å². The van der Waals surface area contributed by atoms with E-state index in [2.05, 4.69) is 0 Å². The summed E-state index contributed by atoms with van der Waals surface area (Å²) in [5.74, 6) is 1.69. The molecule has 0 saturated heterocycles. The predicted molar refractivity (Wildman–Crippen MR) is 58.9 cm³/mol. The Bertz CT molecular complexity index is 460. The van der Waals surface area contributed by atoms with Crippen LogP contribution in [-0.4, -0.2) is 0 Å². The van der Waals surface area contributed by atoms with E-state index >= 15 is 0 Å². The fraction of sp³-hybridized carbons (Fsp3) is 0.0909. The summed E-state index contributed by atoms with van der Waals surface area (Å²) >= 11 is 11.7. The van der Waals surface area contributed by atoms with Gasteiger partial charge in [0.15, 0.2) is 0 Å². The van der Waals surface area contributed by atoms with Crippen LogP contribution in [0.5, 0.6) is 0 Å². The van der Waals surface area contributed by atoms with Gasteiger partial charge in [0.1, 0.15) is 11.5 Å². The minimum atomic E-state index is 0.540. The second-order valence-electron chi connectivity index (χ2n) is 3.04. The van der Waals surface area contributed by atoms with Crippen LogP contribution >= 0.6 is 23.2 Å². The molecule has 1 aromatic heterocycles. The van der Waals surface area contributed by atoms with Crippen molar-refractivity contribution in [3.05, 3.63) is 46.1 Å². The molecule has 0 aliphatic rings. The molecule has 1 nitrogen and oxygen atoms in total. The quantitative estimate of drug-likeness (QED) is 0.695. The monoisotopic (exact) mass is 226 g/mol. The lowest BCUT2D eigenvalue weighted by molar-refractivity contribution is 0.548. The molecule has 0 bridgehead atoms. The Morgan fingerprint density at radius 2 is 1.79 bits per heavy atom. The van der Waals surface area contributed by atoms with Crippen LogP contribution in [0.15, 0.2) is 34.7 Å². The van der Waals surface area contributed by atoms with Crippen molar-refractivity contribution in [3.8, 4) is 11.3 Å². The zero-order chi connectivity index (χ0) is 10.1. The summed E-state index contributed by atoms with van der Waals surface area (Å²) in [6, 6.07) is 9.26. The van der Waals surface area contributed by atoms with Gasteiger partial charge in [0.05, 0.1) is 10.0 Å². The molecule has 1 heterocycles. The van der Waals surface area contributed by atoms with E-state index in [1.54, 1.807) is 12.1 Å². The van der Waals surface area contributed by atoms with Crippen LogP contribution in [0.3, 0.4) is 0 Å². The van der Waals surface area contributed by atoms with Crippen molar-refractivity contribution < 1.29 is 4.42 Å². The number of benzene rings is 1. The summed E-state index contributed by atoms with van der Waals surface area (Å²) in [6.45, 7) is 1.90. The van der Waals surface area contributed by atoms with Crippen molar-refractivity contribution in [2.24, 2.45) is 0 Å². The van der Waals surface area contributed by atoms with Gasteiger partial charge in [-0.05, 0) is 37.3 Å². The van der Waals surface area contributed by atoms with Crippen molar-refractivity contribution in [2.45, 2.75) is 6.92 Å². The number of hydrogen-bond donors (Lipinski definition) is 0.